The molecule has 2 atom stereocenters. The third kappa shape index (κ3) is 2.81. The Kier molecular flexibility index (Phi) is 3.54. The molecule has 0 radical (unpaired) electrons. The molecular formula is C22H24BrNO. The number of fused-ring (bicyclic) bond motifs is 1. The molecule has 4 fully saturated rings. The van der Waals surface area contributed by atoms with Crippen molar-refractivity contribution in [1.29, 1.82) is 0 Å². The fourth-order valence-electron chi connectivity index (χ4n) is 6.41. The number of hydrogen-bond acceptors (Lipinski definition) is 1. The normalized spacial score (nSPS) is 35.9. The Bertz CT molecular complexity index is 826. The molecule has 6 rings (SSSR count). The van der Waals surface area contributed by atoms with Crippen molar-refractivity contribution in [3.05, 3.63) is 42.5 Å². The summed E-state index contributed by atoms with van der Waals surface area (Å²) in [5.41, 5.74) is 1.17. The van der Waals surface area contributed by atoms with E-state index in [1.54, 1.807) is 0 Å². The fraction of sp³-hybridized carbons (Fsp3) is 0.500. The average molecular weight is 398 g/mol. The lowest BCUT2D eigenvalue weighted by Gasteiger charge is -2.60. The molecule has 2 aromatic rings. The van der Waals surface area contributed by atoms with E-state index < -0.39 is 0 Å². The minimum atomic E-state index is 0.189. The highest BCUT2D eigenvalue weighted by Crippen LogP contribution is 2.65. The lowest BCUT2D eigenvalue weighted by molar-refractivity contribution is -0.123. The number of nitrogens with one attached hydrogen (secondary N) is 1. The average Bonchev–Trinajstić information content (AvgIpc) is 2.52. The summed E-state index contributed by atoms with van der Waals surface area (Å²) in [6.07, 6.45) is 8.37. The van der Waals surface area contributed by atoms with Gasteiger partial charge in [0.15, 0.2) is 0 Å². The third-order valence-corrected chi connectivity index (χ3v) is 7.64. The summed E-state index contributed by atoms with van der Waals surface area (Å²) >= 11 is 4.05. The standard InChI is InChI=1S/C22H24BrNO/c23-22-11-15-8-16(12-22)10-21(9-15,14-22)13-20(25)24-19-7-3-5-17-4-1-2-6-18(17)19/h1-7,15-16H,8-14H2,(H,24,25). The second kappa shape index (κ2) is 5.57. The number of carbonyl (C=O) groups excluding carboxylic acids is 1. The second-order valence-corrected chi connectivity index (χ2v) is 10.5. The minimum Gasteiger partial charge on any atom is -0.325 e. The highest BCUT2D eigenvalue weighted by atomic mass is 79.9. The van der Waals surface area contributed by atoms with Crippen LogP contribution in [0.25, 0.3) is 10.8 Å². The number of benzene rings is 2. The molecule has 4 aliphatic rings. The van der Waals surface area contributed by atoms with Gasteiger partial charge in [-0.2, -0.15) is 0 Å². The van der Waals surface area contributed by atoms with E-state index in [-0.39, 0.29) is 11.3 Å². The lowest BCUT2D eigenvalue weighted by Crippen LogP contribution is -2.53. The Morgan fingerprint density at radius 1 is 1.04 bits per heavy atom. The van der Waals surface area contributed by atoms with Crippen LogP contribution in [0.3, 0.4) is 0 Å². The minimum absolute atomic E-state index is 0.189. The molecule has 4 saturated carbocycles. The van der Waals surface area contributed by atoms with E-state index in [9.17, 15) is 4.79 Å². The number of amides is 1. The SMILES string of the molecule is O=C(CC12CC3CC(CC(Br)(C3)C1)C2)Nc1cccc2ccccc12. The molecule has 4 aliphatic carbocycles. The Morgan fingerprint density at radius 3 is 2.52 bits per heavy atom. The summed E-state index contributed by atoms with van der Waals surface area (Å²) in [5.74, 6) is 1.84. The summed E-state index contributed by atoms with van der Waals surface area (Å²) in [5, 5.41) is 5.52. The highest BCUT2D eigenvalue weighted by molar-refractivity contribution is 9.10. The maximum Gasteiger partial charge on any atom is 0.224 e. The van der Waals surface area contributed by atoms with Crippen molar-refractivity contribution in [2.24, 2.45) is 17.3 Å². The molecule has 2 aromatic carbocycles. The van der Waals surface area contributed by atoms with Crippen LogP contribution in [0.2, 0.25) is 0 Å². The van der Waals surface area contributed by atoms with E-state index in [4.69, 9.17) is 0 Å². The van der Waals surface area contributed by atoms with Gasteiger partial charge in [-0.05, 0) is 67.2 Å². The van der Waals surface area contributed by atoms with Crippen molar-refractivity contribution >= 4 is 38.3 Å². The summed E-state index contributed by atoms with van der Waals surface area (Å²) in [6.45, 7) is 0. The first kappa shape index (κ1) is 15.9. The summed E-state index contributed by atoms with van der Waals surface area (Å²) in [7, 11) is 0. The number of alkyl halides is 1. The molecule has 2 nitrogen and oxygen atoms in total. The van der Waals surface area contributed by atoms with Crippen molar-refractivity contribution in [1.82, 2.24) is 0 Å². The predicted molar refractivity (Wildman–Crippen MR) is 106 cm³/mol. The topological polar surface area (TPSA) is 29.1 Å². The summed E-state index contributed by atoms with van der Waals surface area (Å²) in [6, 6.07) is 14.4. The molecule has 0 spiro atoms. The molecule has 0 saturated heterocycles. The quantitative estimate of drug-likeness (QED) is 0.641. The van der Waals surface area contributed by atoms with E-state index in [1.165, 1.54) is 43.9 Å². The monoisotopic (exact) mass is 397 g/mol. The molecule has 2 unspecified atom stereocenters. The van der Waals surface area contributed by atoms with Gasteiger partial charge in [-0.3, -0.25) is 4.79 Å². The van der Waals surface area contributed by atoms with Crippen LogP contribution in [-0.4, -0.2) is 10.2 Å². The number of hydrogen-bond donors (Lipinski definition) is 1. The maximum atomic E-state index is 12.9. The van der Waals surface area contributed by atoms with E-state index in [0.29, 0.717) is 10.7 Å². The Morgan fingerprint density at radius 2 is 1.76 bits per heavy atom. The molecule has 0 heterocycles. The van der Waals surface area contributed by atoms with Crippen molar-refractivity contribution in [3.8, 4) is 0 Å². The molecular weight excluding hydrogens is 374 g/mol. The first-order valence-corrected chi connectivity index (χ1v) is 10.3. The zero-order chi connectivity index (χ0) is 17.1. The van der Waals surface area contributed by atoms with Crippen molar-refractivity contribution in [2.75, 3.05) is 5.32 Å². The first-order valence-electron chi connectivity index (χ1n) is 9.49. The maximum absolute atomic E-state index is 12.9. The van der Waals surface area contributed by atoms with Crippen molar-refractivity contribution in [3.63, 3.8) is 0 Å². The molecule has 4 bridgehead atoms. The Balaban J connectivity index is 1.37. The van der Waals surface area contributed by atoms with Gasteiger partial charge in [0.05, 0.1) is 0 Å². The zero-order valence-electron chi connectivity index (χ0n) is 14.4. The van der Waals surface area contributed by atoms with Gasteiger partial charge in [0.1, 0.15) is 0 Å². The fourth-order valence-corrected chi connectivity index (χ4v) is 7.92. The van der Waals surface area contributed by atoms with Gasteiger partial charge in [0, 0.05) is 21.8 Å². The van der Waals surface area contributed by atoms with Crippen molar-refractivity contribution in [2.45, 2.75) is 49.3 Å². The van der Waals surface area contributed by atoms with E-state index >= 15 is 0 Å². The second-order valence-electron chi connectivity index (χ2n) is 8.86. The number of halogens is 1. The van der Waals surface area contributed by atoms with Gasteiger partial charge in [-0.15, -0.1) is 0 Å². The number of carbonyl (C=O) groups is 1. The smallest absolute Gasteiger partial charge is 0.224 e. The molecule has 1 amide bonds. The van der Waals surface area contributed by atoms with Crippen LogP contribution in [-0.2, 0) is 4.79 Å². The Labute approximate surface area is 157 Å². The van der Waals surface area contributed by atoms with Crippen LogP contribution in [0.15, 0.2) is 42.5 Å². The van der Waals surface area contributed by atoms with Crippen molar-refractivity contribution < 1.29 is 4.79 Å². The lowest BCUT2D eigenvalue weighted by atomic mass is 9.48. The largest absolute Gasteiger partial charge is 0.325 e. The third-order valence-electron chi connectivity index (χ3n) is 6.71. The molecule has 1 N–H and O–H groups in total. The van der Waals surface area contributed by atoms with Crippen LogP contribution in [0.4, 0.5) is 5.69 Å². The van der Waals surface area contributed by atoms with Gasteiger partial charge in [0.25, 0.3) is 0 Å². The number of anilines is 1. The zero-order valence-corrected chi connectivity index (χ0v) is 16.0. The number of rotatable bonds is 3. The van der Waals surface area contributed by atoms with Gasteiger partial charge in [0.2, 0.25) is 5.91 Å². The molecule has 3 heteroatoms. The molecule has 130 valence electrons. The highest BCUT2D eigenvalue weighted by Gasteiger charge is 2.57. The van der Waals surface area contributed by atoms with E-state index in [1.807, 2.05) is 24.3 Å². The molecule has 0 aromatic heterocycles. The van der Waals surface area contributed by atoms with Crippen LogP contribution < -0.4 is 5.32 Å². The Hall–Kier alpha value is -1.35. The van der Waals surface area contributed by atoms with Crippen LogP contribution >= 0.6 is 15.9 Å². The summed E-state index contributed by atoms with van der Waals surface area (Å²) in [4.78, 5) is 12.9. The molecule has 0 aliphatic heterocycles. The molecule has 25 heavy (non-hydrogen) atoms. The predicted octanol–water partition coefficient (Wildman–Crippen LogP) is 5.90. The van der Waals surface area contributed by atoms with Crippen LogP contribution in [0.1, 0.15) is 44.9 Å². The van der Waals surface area contributed by atoms with E-state index in [0.717, 1.165) is 22.9 Å². The van der Waals surface area contributed by atoms with Gasteiger partial charge < -0.3 is 5.32 Å². The van der Waals surface area contributed by atoms with Crippen LogP contribution in [0, 0.1) is 17.3 Å². The van der Waals surface area contributed by atoms with Gasteiger partial charge in [-0.1, -0.05) is 52.3 Å². The van der Waals surface area contributed by atoms with E-state index in [2.05, 4.69) is 39.4 Å². The van der Waals surface area contributed by atoms with Gasteiger partial charge in [-0.25, -0.2) is 0 Å². The van der Waals surface area contributed by atoms with Crippen LogP contribution in [0.5, 0.6) is 0 Å². The van der Waals surface area contributed by atoms with Gasteiger partial charge >= 0.3 is 0 Å². The summed E-state index contributed by atoms with van der Waals surface area (Å²) < 4.78 is 0.316. The first-order chi connectivity index (χ1) is 12.0.